The van der Waals surface area contributed by atoms with Gasteiger partial charge in [0.05, 0.1) is 0 Å². The summed E-state index contributed by atoms with van der Waals surface area (Å²) >= 11 is 0. The fraction of sp³-hybridized carbons (Fsp3) is 0.571. The molecule has 0 spiro atoms. The average molecular weight is 345 g/mol. The zero-order valence-corrected chi connectivity index (χ0v) is 14.7. The maximum atomic E-state index is 12.4. The summed E-state index contributed by atoms with van der Waals surface area (Å²) in [4.78, 5) is 24.4. The highest BCUT2D eigenvalue weighted by molar-refractivity contribution is 7.89. The first-order chi connectivity index (χ1) is 10.5. The normalized spacial score (nSPS) is 13.1. The molecular formula is C14H23N3O5S. The molecule has 0 aromatic carbocycles. The minimum Gasteiger partial charge on any atom is -0.480 e. The molecule has 2 N–H and O–H groups in total. The largest absolute Gasteiger partial charge is 0.480 e. The van der Waals surface area contributed by atoms with Crippen LogP contribution in [-0.2, 0) is 21.9 Å². The Labute approximate surface area is 136 Å². The summed E-state index contributed by atoms with van der Waals surface area (Å²) in [5, 5.41) is 9.16. The Kier molecular flexibility index (Phi) is 5.95. The van der Waals surface area contributed by atoms with E-state index in [9.17, 15) is 18.0 Å². The molecule has 1 aromatic heterocycles. The molecule has 1 unspecified atom stereocenters. The number of aryl methyl sites for hydroxylation is 1. The number of carboxylic acids is 1. The molecule has 9 heteroatoms. The summed E-state index contributed by atoms with van der Waals surface area (Å²) in [5.74, 6) is -1.56. The van der Waals surface area contributed by atoms with Crippen molar-refractivity contribution in [1.82, 2.24) is 14.2 Å². The molecule has 0 aliphatic rings. The highest BCUT2D eigenvalue weighted by Crippen LogP contribution is 2.16. The van der Waals surface area contributed by atoms with E-state index in [1.54, 1.807) is 35.0 Å². The predicted molar refractivity (Wildman–Crippen MR) is 84.6 cm³/mol. The molecule has 130 valence electrons. The average Bonchev–Trinajstić information content (AvgIpc) is 2.78. The molecule has 1 heterocycles. The van der Waals surface area contributed by atoms with Gasteiger partial charge in [-0.1, -0.05) is 13.8 Å². The van der Waals surface area contributed by atoms with Crippen molar-refractivity contribution >= 4 is 21.9 Å². The van der Waals surface area contributed by atoms with Crippen LogP contribution < -0.4 is 4.72 Å². The number of nitrogens with one attached hydrogen (secondary N) is 1. The van der Waals surface area contributed by atoms with Gasteiger partial charge >= 0.3 is 5.97 Å². The van der Waals surface area contributed by atoms with Crippen molar-refractivity contribution in [2.45, 2.75) is 31.2 Å². The van der Waals surface area contributed by atoms with E-state index < -0.39 is 22.0 Å². The maximum Gasteiger partial charge on any atom is 0.321 e. The molecule has 23 heavy (non-hydrogen) atoms. The Morgan fingerprint density at radius 2 is 1.91 bits per heavy atom. The molecule has 1 aromatic rings. The van der Waals surface area contributed by atoms with Crippen molar-refractivity contribution < 1.29 is 23.1 Å². The summed E-state index contributed by atoms with van der Waals surface area (Å²) < 4.78 is 28.3. The highest BCUT2D eigenvalue weighted by Gasteiger charge is 2.28. The van der Waals surface area contributed by atoms with E-state index in [2.05, 4.69) is 4.72 Å². The van der Waals surface area contributed by atoms with Crippen molar-refractivity contribution in [1.29, 1.82) is 0 Å². The highest BCUT2D eigenvalue weighted by atomic mass is 32.2. The van der Waals surface area contributed by atoms with Crippen LogP contribution in [0.2, 0.25) is 0 Å². The number of carbonyl (C=O) groups excluding carboxylic acids is 1. The van der Waals surface area contributed by atoms with Crippen LogP contribution in [0.15, 0.2) is 17.2 Å². The van der Waals surface area contributed by atoms with Crippen LogP contribution in [0.25, 0.3) is 0 Å². The van der Waals surface area contributed by atoms with Crippen molar-refractivity contribution in [3.63, 3.8) is 0 Å². The van der Waals surface area contributed by atoms with Gasteiger partial charge in [-0.25, -0.2) is 8.42 Å². The van der Waals surface area contributed by atoms with E-state index >= 15 is 0 Å². The van der Waals surface area contributed by atoms with E-state index in [0.717, 1.165) is 0 Å². The van der Waals surface area contributed by atoms with Gasteiger partial charge in [0.25, 0.3) is 5.91 Å². The predicted octanol–water partition coefficient (Wildman–Crippen LogP) is 0.505. The van der Waals surface area contributed by atoms with Crippen LogP contribution in [0.4, 0.5) is 0 Å². The molecule has 0 fully saturated rings. The van der Waals surface area contributed by atoms with Crippen molar-refractivity contribution in [3.8, 4) is 0 Å². The Hall–Kier alpha value is -1.87. The molecule has 1 atom stereocenters. The lowest BCUT2D eigenvalue weighted by molar-refractivity contribution is -0.139. The lowest BCUT2D eigenvalue weighted by Crippen LogP contribution is -2.41. The number of hydrogen-bond donors (Lipinski definition) is 2. The smallest absolute Gasteiger partial charge is 0.321 e. The topological polar surface area (TPSA) is 109 Å². The van der Waals surface area contributed by atoms with Crippen LogP contribution in [0.3, 0.4) is 0 Å². The van der Waals surface area contributed by atoms with E-state index in [1.807, 2.05) is 0 Å². The summed E-state index contributed by atoms with van der Waals surface area (Å²) in [6.45, 7) is 3.61. The van der Waals surface area contributed by atoms with Gasteiger partial charge in [0, 0.05) is 27.3 Å². The standard InChI is InChI=1S/C14H23N3O5S/c1-9(2)6-11(14(19)20)15-23(21,22)10-7-12(17(5)8-10)13(18)16(3)4/h7-9,11,15H,6H2,1-5H3,(H,19,20). The van der Waals surface area contributed by atoms with E-state index in [-0.39, 0.29) is 28.8 Å². The molecule has 0 aliphatic heterocycles. The van der Waals surface area contributed by atoms with Gasteiger partial charge in [-0.05, 0) is 18.4 Å². The fourth-order valence-electron chi connectivity index (χ4n) is 2.05. The molecular weight excluding hydrogens is 322 g/mol. The zero-order chi connectivity index (χ0) is 17.9. The third-order valence-corrected chi connectivity index (χ3v) is 4.66. The van der Waals surface area contributed by atoms with Crippen molar-refractivity contribution in [3.05, 3.63) is 18.0 Å². The van der Waals surface area contributed by atoms with Crippen LogP contribution in [0.5, 0.6) is 0 Å². The zero-order valence-electron chi connectivity index (χ0n) is 13.9. The van der Waals surface area contributed by atoms with Gasteiger partial charge in [0.15, 0.2) is 0 Å². The second kappa shape index (κ2) is 7.14. The Balaban J connectivity index is 3.11. The van der Waals surface area contributed by atoms with Gasteiger partial charge < -0.3 is 14.6 Å². The first-order valence-electron chi connectivity index (χ1n) is 7.09. The minimum absolute atomic E-state index is 0.0143. The molecule has 1 rings (SSSR count). The second-order valence-electron chi connectivity index (χ2n) is 6.01. The number of sulfonamides is 1. The van der Waals surface area contributed by atoms with Gasteiger partial charge in [0.2, 0.25) is 10.0 Å². The van der Waals surface area contributed by atoms with Crippen molar-refractivity contribution in [2.24, 2.45) is 13.0 Å². The van der Waals surface area contributed by atoms with E-state index in [0.29, 0.717) is 0 Å². The summed E-state index contributed by atoms with van der Waals surface area (Å²) in [6, 6.07) is 0.0204. The van der Waals surface area contributed by atoms with Crippen molar-refractivity contribution in [2.75, 3.05) is 14.1 Å². The first-order valence-corrected chi connectivity index (χ1v) is 8.57. The Morgan fingerprint density at radius 3 is 2.35 bits per heavy atom. The molecule has 1 amide bonds. The number of amides is 1. The molecule has 0 radical (unpaired) electrons. The summed E-state index contributed by atoms with van der Waals surface area (Å²) in [6.07, 6.45) is 1.46. The Morgan fingerprint density at radius 1 is 1.35 bits per heavy atom. The number of aliphatic carboxylic acids is 1. The quantitative estimate of drug-likeness (QED) is 0.748. The van der Waals surface area contributed by atoms with Gasteiger partial charge in [-0.15, -0.1) is 0 Å². The van der Waals surface area contributed by atoms with Gasteiger partial charge in [-0.2, -0.15) is 4.72 Å². The number of hydrogen-bond acceptors (Lipinski definition) is 4. The Bertz CT molecular complexity index is 691. The van der Waals surface area contributed by atoms with Gasteiger partial charge in [-0.3, -0.25) is 9.59 Å². The lowest BCUT2D eigenvalue weighted by atomic mass is 10.1. The number of aromatic nitrogens is 1. The number of carboxylic acid groups (broad SMARTS) is 1. The van der Waals surface area contributed by atoms with Crippen LogP contribution in [0, 0.1) is 5.92 Å². The summed E-state index contributed by atoms with van der Waals surface area (Å²) in [7, 11) is 0.641. The second-order valence-corrected chi connectivity index (χ2v) is 7.73. The number of carbonyl (C=O) groups is 2. The van der Waals surface area contributed by atoms with Crippen LogP contribution in [0.1, 0.15) is 30.8 Å². The van der Waals surface area contributed by atoms with Gasteiger partial charge in [0.1, 0.15) is 16.6 Å². The van der Waals surface area contributed by atoms with E-state index in [1.165, 1.54) is 21.7 Å². The van der Waals surface area contributed by atoms with Crippen LogP contribution >= 0.6 is 0 Å². The summed E-state index contributed by atoms with van der Waals surface area (Å²) in [5.41, 5.74) is 0.200. The lowest BCUT2D eigenvalue weighted by Gasteiger charge is -2.16. The van der Waals surface area contributed by atoms with Crippen LogP contribution in [-0.4, -0.2) is 55.0 Å². The number of rotatable bonds is 7. The molecule has 0 aliphatic carbocycles. The first kappa shape index (κ1) is 19.2. The minimum atomic E-state index is -4.03. The molecule has 0 saturated carbocycles. The SMILES string of the molecule is CC(C)CC(NS(=O)(=O)c1cc(C(=O)N(C)C)n(C)c1)C(=O)O. The van der Waals surface area contributed by atoms with E-state index in [4.69, 9.17) is 5.11 Å². The molecule has 0 saturated heterocycles. The third kappa shape index (κ3) is 4.80. The maximum absolute atomic E-state index is 12.4. The monoisotopic (exact) mass is 345 g/mol. The number of nitrogens with zero attached hydrogens (tertiary/aromatic N) is 2. The molecule has 8 nitrogen and oxygen atoms in total. The fourth-order valence-corrected chi connectivity index (χ4v) is 3.32. The third-order valence-electron chi connectivity index (χ3n) is 3.22. The molecule has 0 bridgehead atoms.